The van der Waals surface area contributed by atoms with Crippen molar-refractivity contribution in [1.82, 2.24) is 4.90 Å². The third kappa shape index (κ3) is 2.41. The summed E-state index contributed by atoms with van der Waals surface area (Å²) in [4.78, 5) is 14.1. The van der Waals surface area contributed by atoms with Crippen LogP contribution in [-0.4, -0.2) is 30.6 Å². The van der Waals surface area contributed by atoms with Gasteiger partial charge in [0.2, 0.25) is 0 Å². The third-order valence-corrected chi connectivity index (χ3v) is 4.09. The van der Waals surface area contributed by atoms with Crippen LogP contribution in [0.3, 0.4) is 0 Å². The first-order chi connectivity index (χ1) is 8.65. The summed E-state index contributed by atoms with van der Waals surface area (Å²) in [6.45, 7) is 5.27. The molecule has 1 aliphatic heterocycles. The predicted molar refractivity (Wildman–Crippen MR) is 71.1 cm³/mol. The highest BCUT2D eigenvalue weighted by Crippen LogP contribution is 2.32. The van der Waals surface area contributed by atoms with Crippen molar-refractivity contribution >= 4 is 5.97 Å². The molecule has 1 heterocycles. The van der Waals surface area contributed by atoms with Gasteiger partial charge in [0.15, 0.2) is 0 Å². The lowest BCUT2D eigenvalue weighted by Gasteiger charge is -2.30. The maximum atomic E-state index is 11.7. The molecule has 0 unspecified atom stereocenters. The number of rotatable bonds is 3. The summed E-state index contributed by atoms with van der Waals surface area (Å²) in [5, 5.41) is 0. The maximum absolute atomic E-state index is 11.7. The predicted octanol–water partition coefficient (Wildman–Crippen LogP) is 2.63. The van der Waals surface area contributed by atoms with E-state index in [2.05, 4.69) is 43.0 Å². The van der Waals surface area contributed by atoms with Crippen molar-refractivity contribution in [2.45, 2.75) is 32.4 Å². The molecule has 3 atom stereocenters. The van der Waals surface area contributed by atoms with E-state index in [0.717, 1.165) is 13.0 Å². The Morgan fingerprint density at radius 2 is 2.06 bits per heavy atom. The molecule has 0 spiro atoms. The minimum Gasteiger partial charge on any atom is -0.469 e. The van der Waals surface area contributed by atoms with Gasteiger partial charge < -0.3 is 4.74 Å². The Morgan fingerprint density at radius 3 is 2.67 bits per heavy atom. The van der Waals surface area contributed by atoms with Crippen molar-refractivity contribution in [2.75, 3.05) is 13.7 Å². The highest BCUT2D eigenvalue weighted by molar-refractivity contribution is 5.73. The topological polar surface area (TPSA) is 29.5 Å². The van der Waals surface area contributed by atoms with Crippen molar-refractivity contribution in [3.63, 3.8) is 0 Å². The number of methoxy groups -OCH3 is 1. The van der Waals surface area contributed by atoms with E-state index in [-0.39, 0.29) is 17.9 Å². The molecule has 1 saturated heterocycles. The number of hydrogen-bond acceptors (Lipinski definition) is 3. The zero-order valence-electron chi connectivity index (χ0n) is 11.3. The number of carbonyl (C=O) groups is 1. The van der Waals surface area contributed by atoms with Crippen LogP contribution in [0, 0.1) is 5.92 Å². The van der Waals surface area contributed by atoms with Gasteiger partial charge in [-0.2, -0.15) is 0 Å². The molecule has 0 radical (unpaired) electrons. The van der Waals surface area contributed by atoms with Gasteiger partial charge in [-0.1, -0.05) is 30.3 Å². The van der Waals surface area contributed by atoms with Crippen LogP contribution in [-0.2, 0) is 9.53 Å². The minimum absolute atomic E-state index is 0.0150. The molecule has 98 valence electrons. The minimum atomic E-state index is -0.0785. The fourth-order valence-electron chi connectivity index (χ4n) is 2.90. The fraction of sp³-hybridized carbons (Fsp3) is 0.533. The van der Waals surface area contributed by atoms with E-state index in [1.165, 1.54) is 12.7 Å². The van der Waals surface area contributed by atoms with E-state index in [4.69, 9.17) is 4.74 Å². The normalized spacial score (nSPS) is 25.9. The average molecular weight is 247 g/mol. The number of likely N-dealkylation sites (tertiary alicyclic amines) is 1. The summed E-state index contributed by atoms with van der Waals surface area (Å²) < 4.78 is 4.87. The Hall–Kier alpha value is -1.35. The Bertz CT molecular complexity index is 404. The van der Waals surface area contributed by atoms with Crippen molar-refractivity contribution < 1.29 is 9.53 Å². The standard InChI is InChI=1S/C15H21NO2/c1-11(13-7-5-4-6-8-13)16-10-9-14(12(16)2)15(17)18-3/h4-8,11-12,14H,9-10H2,1-3H3/t11-,12-,14-/m1/s1. The van der Waals surface area contributed by atoms with Crippen LogP contribution in [0.5, 0.6) is 0 Å². The van der Waals surface area contributed by atoms with E-state index >= 15 is 0 Å². The first-order valence-corrected chi connectivity index (χ1v) is 6.53. The fourth-order valence-corrected chi connectivity index (χ4v) is 2.90. The second kappa shape index (κ2) is 5.53. The molecule has 0 aromatic heterocycles. The SMILES string of the molecule is COC(=O)[C@@H]1CCN([C@H](C)c2ccccc2)[C@@H]1C. The molecule has 2 rings (SSSR count). The summed E-state index contributed by atoms with van der Waals surface area (Å²) in [6, 6.07) is 11.0. The van der Waals surface area contributed by atoms with Crippen LogP contribution < -0.4 is 0 Å². The van der Waals surface area contributed by atoms with Crippen LogP contribution in [0.2, 0.25) is 0 Å². The molecule has 1 fully saturated rings. The van der Waals surface area contributed by atoms with Crippen molar-refractivity contribution in [3.05, 3.63) is 35.9 Å². The van der Waals surface area contributed by atoms with Gasteiger partial charge in [0.05, 0.1) is 13.0 Å². The molecule has 0 N–H and O–H groups in total. The largest absolute Gasteiger partial charge is 0.469 e. The molecular weight excluding hydrogens is 226 g/mol. The molecule has 1 aliphatic rings. The summed E-state index contributed by atoms with van der Waals surface area (Å²) in [6.07, 6.45) is 0.894. The van der Waals surface area contributed by atoms with Gasteiger partial charge in [-0.05, 0) is 32.4 Å². The highest BCUT2D eigenvalue weighted by Gasteiger charge is 2.38. The van der Waals surface area contributed by atoms with Gasteiger partial charge in [-0.15, -0.1) is 0 Å². The number of esters is 1. The molecule has 3 heteroatoms. The Balaban J connectivity index is 2.09. The van der Waals surface area contributed by atoms with Gasteiger partial charge in [0, 0.05) is 12.1 Å². The van der Waals surface area contributed by atoms with Crippen LogP contribution in [0.1, 0.15) is 31.9 Å². The lowest BCUT2D eigenvalue weighted by atomic mass is 10.0. The second-order valence-electron chi connectivity index (χ2n) is 4.98. The van der Waals surface area contributed by atoms with Gasteiger partial charge >= 0.3 is 5.97 Å². The molecule has 1 aromatic rings. The number of nitrogens with zero attached hydrogens (tertiary/aromatic N) is 1. The Labute approximate surface area is 109 Å². The van der Waals surface area contributed by atoms with Crippen LogP contribution in [0.4, 0.5) is 0 Å². The maximum Gasteiger partial charge on any atom is 0.310 e. The van der Waals surface area contributed by atoms with E-state index in [9.17, 15) is 4.79 Å². The second-order valence-corrected chi connectivity index (χ2v) is 4.98. The first-order valence-electron chi connectivity index (χ1n) is 6.53. The van der Waals surface area contributed by atoms with Crippen LogP contribution in [0.25, 0.3) is 0 Å². The molecule has 1 aromatic carbocycles. The monoisotopic (exact) mass is 247 g/mol. The van der Waals surface area contributed by atoms with E-state index in [1.807, 2.05) is 6.07 Å². The van der Waals surface area contributed by atoms with E-state index < -0.39 is 0 Å². The van der Waals surface area contributed by atoms with Crippen LogP contribution >= 0.6 is 0 Å². The molecule has 0 bridgehead atoms. The first kappa shape index (κ1) is 13.1. The lowest BCUT2D eigenvalue weighted by molar-refractivity contribution is -0.146. The van der Waals surface area contributed by atoms with E-state index in [1.54, 1.807) is 0 Å². The molecule has 0 saturated carbocycles. The average Bonchev–Trinajstić information content (AvgIpc) is 2.80. The van der Waals surface area contributed by atoms with Crippen molar-refractivity contribution in [3.8, 4) is 0 Å². The summed E-state index contributed by atoms with van der Waals surface area (Å²) in [5.41, 5.74) is 1.30. The summed E-state index contributed by atoms with van der Waals surface area (Å²) in [7, 11) is 1.47. The zero-order chi connectivity index (χ0) is 13.1. The number of hydrogen-bond donors (Lipinski definition) is 0. The summed E-state index contributed by atoms with van der Waals surface area (Å²) >= 11 is 0. The third-order valence-electron chi connectivity index (χ3n) is 4.09. The van der Waals surface area contributed by atoms with Gasteiger partial charge in [0.25, 0.3) is 0 Å². The molecule has 0 amide bonds. The Morgan fingerprint density at radius 1 is 1.39 bits per heavy atom. The molecule has 3 nitrogen and oxygen atoms in total. The number of benzene rings is 1. The molecule has 18 heavy (non-hydrogen) atoms. The quantitative estimate of drug-likeness (QED) is 0.769. The van der Waals surface area contributed by atoms with Gasteiger partial charge in [-0.3, -0.25) is 9.69 Å². The highest BCUT2D eigenvalue weighted by atomic mass is 16.5. The molecule has 0 aliphatic carbocycles. The van der Waals surface area contributed by atoms with Gasteiger partial charge in [0.1, 0.15) is 0 Å². The number of carbonyl (C=O) groups excluding carboxylic acids is 1. The Kier molecular flexibility index (Phi) is 4.02. The lowest BCUT2D eigenvalue weighted by Crippen LogP contribution is -2.35. The zero-order valence-corrected chi connectivity index (χ0v) is 11.3. The van der Waals surface area contributed by atoms with Crippen molar-refractivity contribution in [1.29, 1.82) is 0 Å². The summed E-state index contributed by atoms with van der Waals surface area (Å²) in [5.74, 6) is -0.0635. The van der Waals surface area contributed by atoms with E-state index in [0.29, 0.717) is 6.04 Å². The van der Waals surface area contributed by atoms with Gasteiger partial charge in [-0.25, -0.2) is 0 Å². The number of ether oxygens (including phenoxy) is 1. The molecular formula is C15H21NO2. The smallest absolute Gasteiger partial charge is 0.310 e. The van der Waals surface area contributed by atoms with Crippen molar-refractivity contribution in [2.24, 2.45) is 5.92 Å². The van der Waals surface area contributed by atoms with Crippen LogP contribution in [0.15, 0.2) is 30.3 Å².